The van der Waals surface area contributed by atoms with E-state index in [1.807, 2.05) is 16.7 Å². The Hall–Kier alpha value is -0.460. The third-order valence-corrected chi connectivity index (χ3v) is 6.90. The van der Waals surface area contributed by atoms with E-state index in [-0.39, 0.29) is 29.8 Å². The first kappa shape index (κ1) is 16.4. The molecular formula is C16H28N2O3S. The molecule has 3 atom stereocenters. The lowest BCUT2D eigenvalue weighted by molar-refractivity contribution is -0.0691. The molecule has 6 heteroatoms. The van der Waals surface area contributed by atoms with Crippen LogP contribution in [0.4, 0.5) is 4.79 Å². The van der Waals surface area contributed by atoms with Crippen LogP contribution in [0, 0.1) is 0 Å². The van der Waals surface area contributed by atoms with Gasteiger partial charge in [-0.3, -0.25) is 0 Å². The highest BCUT2D eigenvalue weighted by Gasteiger charge is 2.44. The number of urea groups is 1. The molecule has 22 heavy (non-hydrogen) atoms. The monoisotopic (exact) mass is 328 g/mol. The Morgan fingerprint density at radius 1 is 1.50 bits per heavy atom. The lowest BCUT2D eigenvalue weighted by atomic mass is 9.90. The molecule has 3 rings (SSSR count). The Bertz CT molecular complexity index is 408. The Morgan fingerprint density at radius 3 is 3.05 bits per heavy atom. The molecule has 2 N–H and O–H groups in total. The van der Waals surface area contributed by atoms with Crippen molar-refractivity contribution in [2.24, 2.45) is 0 Å². The van der Waals surface area contributed by atoms with Gasteiger partial charge < -0.3 is 20.1 Å². The van der Waals surface area contributed by atoms with Crippen molar-refractivity contribution >= 4 is 17.8 Å². The molecule has 1 spiro atoms. The number of aliphatic hydroxyl groups is 1. The van der Waals surface area contributed by atoms with Crippen LogP contribution in [0.3, 0.4) is 0 Å². The summed E-state index contributed by atoms with van der Waals surface area (Å²) < 4.78 is 6.02. The summed E-state index contributed by atoms with van der Waals surface area (Å²) in [5, 5.41) is 13.0. The van der Waals surface area contributed by atoms with E-state index in [0.29, 0.717) is 0 Å². The van der Waals surface area contributed by atoms with Crippen LogP contribution in [0.1, 0.15) is 45.4 Å². The Morgan fingerprint density at radius 2 is 2.36 bits per heavy atom. The lowest BCUT2D eigenvalue weighted by Gasteiger charge is -2.41. The van der Waals surface area contributed by atoms with Crippen LogP contribution in [0.5, 0.6) is 0 Å². The van der Waals surface area contributed by atoms with Crippen LogP contribution in [0.2, 0.25) is 0 Å². The molecule has 3 aliphatic heterocycles. The van der Waals surface area contributed by atoms with E-state index >= 15 is 0 Å². The summed E-state index contributed by atoms with van der Waals surface area (Å²) in [6, 6.07) is 0.204. The molecule has 0 bridgehead atoms. The number of thioether (sulfide) groups is 1. The number of amides is 2. The van der Waals surface area contributed by atoms with Gasteiger partial charge in [-0.05, 0) is 44.3 Å². The van der Waals surface area contributed by atoms with E-state index in [1.165, 1.54) is 0 Å². The third-order valence-electron chi connectivity index (χ3n) is 5.68. The standard InChI is InChI=1S/C16H28N2O3S/c1-2-15(11-19)5-3-7-18(15)14(20)17-13-4-8-21-16(10-13)6-9-22-12-16/h13,19H,2-12H2,1H3,(H,17,20). The number of carbonyl (C=O) groups is 1. The van der Waals surface area contributed by atoms with Crippen molar-refractivity contribution in [3.05, 3.63) is 0 Å². The largest absolute Gasteiger partial charge is 0.394 e. The molecule has 3 unspecified atom stereocenters. The highest BCUT2D eigenvalue weighted by molar-refractivity contribution is 7.99. The van der Waals surface area contributed by atoms with Gasteiger partial charge in [0.15, 0.2) is 0 Å². The minimum atomic E-state index is -0.351. The van der Waals surface area contributed by atoms with Gasteiger partial charge >= 0.3 is 6.03 Å². The number of hydrogen-bond acceptors (Lipinski definition) is 4. The molecular weight excluding hydrogens is 300 g/mol. The van der Waals surface area contributed by atoms with Crippen molar-refractivity contribution in [1.29, 1.82) is 0 Å². The summed E-state index contributed by atoms with van der Waals surface area (Å²) in [6.45, 7) is 3.61. The predicted molar refractivity (Wildman–Crippen MR) is 88.2 cm³/mol. The van der Waals surface area contributed by atoms with Gasteiger partial charge in [0.1, 0.15) is 0 Å². The molecule has 0 aromatic carbocycles. The summed E-state index contributed by atoms with van der Waals surface area (Å²) in [4.78, 5) is 14.6. The number of nitrogens with one attached hydrogen (secondary N) is 1. The van der Waals surface area contributed by atoms with Crippen LogP contribution < -0.4 is 5.32 Å². The molecule has 3 aliphatic rings. The second-order valence-corrected chi connectivity index (χ2v) is 8.07. The normalized spacial score (nSPS) is 38.6. The number of hydrogen-bond donors (Lipinski definition) is 2. The van der Waals surface area contributed by atoms with Crippen molar-refractivity contribution < 1.29 is 14.6 Å². The van der Waals surface area contributed by atoms with Crippen molar-refractivity contribution in [2.45, 2.75) is 62.6 Å². The fourth-order valence-corrected chi connectivity index (χ4v) is 5.54. The van der Waals surface area contributed by atoms with Gasteiger partial charge in [-0.1, -0.05) is 6.92 Å². The molecule has 3 heterocycles. The molecule has 3 saturated heterocycles. The first-order valence-corrected chi connectivity index (χ1v) is 9.69. The third kappa shape index (κ3) is 2.97. The van der Waals surface area contributed by atoms with E-state index in [2.05, 4.69) is 12.2 Å². The summed E-state index contributed by atoms with van der Waals surface area (Å²) in [7, 11) is 0. The summed E-state index contributed by atoms with van der Waals surface area (Å²) in [5.74, 6) is 2.22. The molecule has 0 radical (unpaired) electrons. The van der Waals surface area contributed by atoms with Gasteiger partial charge in [0, 0.05) is 24.9 Å². The number of likely N-dealkylation sites (tertiary alicyclic amines) is 1. The SMILES string of the molecule is CCC1(CO)CCCN1C(=O)NC1CCOC2(CCSC2)C1. The number of carbonyl (C=O) groups excluding carboxylic acids is 1. The van der Waals surface area contributed by atoms with Gasteiger partial charge in [-0.15, -0.1) is 0 Å². The highest BCUT2D eigenvalue weighted by Crippen LogP contribution is 2.38. The molecule has 0 aliphatic carbocycles. The second kappa shape index (κ2) is 6.57. The maximum atomic E-state index is 12.7. The van der Waals surface area contributed by atoms with Gasteiger partial charge in [-0.25, -0.2) is 4.79 Å². The molecule has 126 valence electrons. The van der Waals surface area contributed by atoms with E-state index in [9.17, 15) is 9.90 Å². The number of ether oxygens (including phenoxy) is 1. The zero-order valence-corrected chi connectivity index (χ0v) is 14.3. The summed E-state index contributed by atoms with van der Waals surface area (Å²) in [6.07, 6.45) is 5.62. The average molecular weight is 328 g/mol. The van der Waals surface area contributed by atoms with Crippen LogP contribution in [0.15, 0.2) is 0 Å². The zero-order chi connectivity index (χ0) is 15.6. The number of nitrogens with zero attached hydrogens (tertiary/aromatic N) is 1. The minimum absolute atomic E-state index is 0.00102. The smallest absolute Gasteiger partial charge is 0.318 e. The summed E-state index contributed by atoms with van der Waals surface area (Å²) >= 11 is 1.95. The second-order valence-electron chi connectivity index (χ2n) is 6.96. The molecule has 0 aromatic heterocycles. The maximum Gasteiger partial charge on any atom is 0.318 e. The number of aliphatic hydroxyl groups excluding tert-OH is 1. The van der Waals surface area contributed by atoms with E-state index < -0.39 is 0 Å². The topological polar surface area (TPSA) is 61.8 Å². The van der Waals surface area contributed by atoms with Gasteiger partial charge in [-0.2, -0.15) is 11.8 Å². The molecule has 2 amide bonds. The van der Waals surface area contributed by atoms with Gasteiger partial charge in [0.2, 0.25) is 0 Å². The van der Waals surface area contributed by atoms with Crippen LogP contribution in [-0.4, -0.2) is 64.5 Å². The Balaban J connectivity index is 1.61. The van der Waals surface area contributed by atoms with E-state index in [4.69, 9.17) is 4.74 Å². The van der Waals surface area contributed by atoms with Crippen molar-refractivity contribution in [3.63, 3.8) is 0 Å². The Kier molecular flexibility index (Phi) is 4.90. The van der Waals surface area contributed by atoms with Crippen LogP contribution in [-0.2, 0) is 4.74 Å². The quantitative estimate of drug-likeness (QED) is 0.832. The van der Waals surface area contributed by atoms with Crippen LogP contribution >= 0.6 is 11.8 Å². The predicted octanol–water partition coefficient (Wildman–Crippen LogP) is 1.99. The number of rotatable bonds is 3. The first-order valence-electron chi connectivity index (χ1n) is 8.54. The van der Waals surface area contributed by atoms with E-state index in [1.54, 1.807) is 0 Å². The molecule has 0 saturated carbocycles. The molecule has 3 fully saturated rings. The highest BCUT2D eigenvalue weighted by atomic mass is 32.2. The van der Waals surface area contributed by atoms with Gasteiger partial charge in [0.25, 0.3) is 0 Å². The molecule has 0 aromatic rings. The summed E-state index contributed by atoms with van der Waals surface area (Å²) in [5.41, 5.74) is -0.360. The van der Waals surface area contributed by atoms with Crippen molar-refractivity contribution in [3.8, 4) is 0 Å². The fourth-order valence-electron chi connectivity index (χ4n) is 4.17. The maximum absolute atomic E-state index is 12.7. The Labute approximate surface area is 137 Å². The zero-order valence-electron chi connectivity index (χ0n) is 13.5. The van der Waals surface area contributed by atoms with Crippen molar-refractivity contribution in [2.75, 3.05) is 31.3 Å². The van der Waals surface area contributed by atoms with Crippen molar-refractivity contribution in [1.82, 2.24) is 10.2 Å². The fraction of sp³-hybridized carbons (Fsp3) is 0.938. The first-order chi connectivity index (χ1) is 10.6. The molecule has 5 nitrogen and oxygen atoms in total. The lowest BCUT2D eigenvalue weighted by Crippen LogP contribution is -2.57. The average Bonchev–Trinajstić information content (AvgIpc) is 3.15. The minimum Gasteiger partial charge on any atom is -0.394 e. The van der Waals surface area contributed by atoms with E-state index in [0.717, 1.165) is 63.2 Å². The van der Waals surface area contributed by atoms with Crippen LogP contribution in [0.25, 0.3) is 0 Å². The van der Waals surface area contributed by atoms with Gasteiger partial charge in [0.05, 0.1) is 17.7 Å².